The van der Waals surface area contributed by atoms with Crippen molar-refractivity contribution in [3.63, 3.8) is 0 Å². The van der Waals surface area contributed by atoms with Gasteiger partial charge in [0.2, 0.25) is 0 Å². The fourth-order valence-corrected chi connectivity index (χ4v) is 1.41. The number of aryl methyl sites for hydroxylation is 2. The van der Waals surface area contributed by atoms with E-state index in [2.05, 4.69) is 17.6 Å². The van der Waals surface area contributed by atoms with Crippen LogP contribution < -0.4 is 0 Å². The molecule has 0 atom stereocenters. The third-order valence-electron chi connectivity index (χ3n) is 1.87. The number of thiol groups is 1. The van der Waals surface area contributed by atoms with Gasteiger partial charge in [-0.1, -0.05) is 0 Å². The van der Waals surface area contributed by atoms with Crippen LogP contribution in [0.1, 0.15) is 5.76 Å². The summed E-state index contributed by atoms with van der Waals surface area (Å²) in [5.74, 6) is 0.987. The van der Waals surface area contributed by atoms with E-state index in [4.69, 9.17) is 4.42 Å². The van der Waals surface area contributed by atoms with Crippen LogP contribution in [0, 0.1) is 0 Å². The molecule has 0 spiro atoms. The minimum atomic E-state index is 0.742. The standard InChI is InChI=1S/C9H10N2OS/c13-9-10-4-6-11(9)5-3-8-2-1-7-12-8/h1-2,4,6-7H,3,5H2,(H,10,13). The average Bonchev–Trinajstić information content (AvgIpc) is 2.72. The zero-order valence-electron chi connectivity index (χ0n) is 7.05. The summed E-state index contributed by atoms with van der Waals surface area (Å²) in [6.45, 7) is 0.854. The van der Waals surface area contributed by atoms with Gasteiger partial charge in [-0.05, 0) is 12.1 Å². The average molecular weight is 194 g/mol. The molecule has 2 heterocycles. The van der Waals surface area contributed by atoms with E-state index in [-0.39, 0.29) is 0 Å². The highest BCUT2D eigenvalue weighted by atomic mass is 32.1. The second-order valence-electron chi connectivity index (χ2n) is 2.75. The Morgan fingerprint density at radius 1 is 1.54 bits per heavy atom. The zero-order chi connectivity index (χ0) is 9.10. The van der Waals surface area contributed by atoms with Gasteiger partial charge in [0.1, 0.15) is 5.76 Å². The first kappa shape index (κ1) is 8.44. The van der Waals surface area contributed by atoms with Crippen molar-refractivity contribution in [3.05, 3.63) is 36.5 Å². The molecule has 0 amide bonds. The Hall–Kier alpha value is -1.16. The first-order chi connectivity index (χ1) is 6.36. The lowest BCUT2D eigenvalue weighted by Crippen LogP contribution is -1.99. The third kappa shape index (κ3) is 1.95. The van der Waals surface area contributed by atoms with Gasteiger partial charge >= 0.3 is 0 Å². The molecule has 0 bridgehead atoms. The van der Waals surface area contributed by atoms with Crippen molar-refractivity contribution in [3.8, 4) is 0 Å². The number of hydrogen-bond acceptors (Lipinski definition) is 3. The number of nitrogens with zero attached hydrogens (tertiary/aromatic N) is 2. The first-order valence-corrected chi connectivity index (χ1v) is 4.53. The molecular weight excluding hydrogens is 184 g/mol. The maximum atomic E-state index is 5.21. The summed E-state index contributed by atoms with van der Waals surface area (Å²) in [7, 11) is 0. The minimum Gasteiger partial charge on any atom is -0.469 e. The summed E-state index contributed by atoms with van der Waals surface area (Å²) < 4.78 is 7.19. The summed E-state index contributed by atoms with van der Waals surface area (Å²) in [4.78, 5) is 4.01. The number of furan rings is 1. The highest BCUT2D eigenvalue weighted by Crippen LogP contribution is 2.06. The van der Waals surface area contributed by atoms with Gasteiger partial charge in [-0.15, -0.1) is 12.6 Å². The molecule has 0 aliphatic heterocycles. The third-order valence-corrected chi connectivity index (χ3v) is 2.25. The highest BCUT2D eigenvalue weighted by molar-refractivity contribution is 7.80. The number of rotatable bonds is 3. The molecule has 2 aromatic rings. The quantitative estimate of drug-likeness (QED) is 0.758. The van der Waals surface area contributed by atoms with E-state index in [1.165, 1.54) is 0 Å². The molecule has 0 radical (unpaired) electrons. The van der Waals surface area contributed by atoms with Gasteiger partial charge in [-0.2, -0.15) is 0 Å². The number of aromatic nitrogens is 2. The molecule has 0 N–H and O–H groups in total. The molecule has 68 valence electrons. The Morgan fingerprint density at radius 2 is 2.46 bits per heavy atom. The number of hydrogen-bond donors (Lipinski definition) is 1. The first-order valence-electron chi connectivity index (χ1n) is 4.09. The van der Waals surface area contributed by atoms with Crippen LogP contribution >= 0.6 is 12.6 Å². The van der Waals surface area contributed by atoms with E-state index in [9.17, 15) is 0 Å². The monoisotopic (exact) mass is 194 g/mol. The van der Waals surface area contributed by atoms with Crippen molar-refractivity contribution in [2.24, 2.45) is 0 Å². The molecule has 2 aromatic heterocycles. The molecule has 3 nitrogen and oxygen atoms in total. The van der Waals surface area contributed by atoms with Gasteiger partial charge in [0.05, 0.1) is 6.26 Å². The van der Waals surface area contributed by atoms with Crippen molar-refractivity contribution in [1.29, 1.82) is 0 Å². The van der Waals surface area contributed by atoms with Crippen LogP contribution in [-0.2, 0) is 13.0 Å². The van der Waals surface area contributed by atoms with Crippen molar-refractivity contribution in [1.82, 2.24) is 9.55 Å². The van der Waals surface area contributed by atoms with Crippen LogP contribution in [0.25, 0.3) is 0 Å². The normalized spacial score (nSPS) is 10.5. The van der Waals surface area contributed by atoms with Crippen LogP contribution in [0.4, 0.5) is 0 Å². The van der Waals surface area contributed by atoms with E-state index < -0.39 is 0 Å². The Labute approximate surface area is 81.8 Å². The van der Waals surface area contributed by atoms with E-state index >= 15 is 0 Å². The van der Waals surface area contributed by atoms with Crippen molar-refractivity contribution in [2.75, 3.05) is 0 Å². The van der Waals surface area contributed by atoms with E-state index in [0.29, 0.717) is 0 Å². The number of imidazole rings is 1. The van der Waals surface area contributed by atoms with Gasteiger partial charge in [-0.25, -0.2) is 4.98 Å². The van der Waals surface area contributed by atoms with Crippen LogP contribution in [0.2, 0.25) is 0 Å². The summed E-state index contributed by atoms with van der Waals surface area (Å²) in [6.07, 6.45) is 6.21. The zero-order valence-corrected chi connectivity index (χ0v) is 7.95. The highest BCUT2D eigenvalue weighted by Gasteiger charge is 1.99. The molecule has 0 aliphatic carbocycles. The predicted octanol–water partition coefficient (Wildman–Crippen LogP) is 2.01. The van der Waals surface area contributed by atoms with Gasteiger partial charge in [-0.3, -0.25) is 0 Å². The van der Waals surface area contributed by atoms with Crippen LogP contribution in [0.15, 0.2) is 40.4 Å². The van der Waals surface area contributed by atoms with Gasteiger partial charge in [0.15, 0.2) is 5.16 Å². The minimum absolute atomic E-state index is 0.742. The van der Waals surface area contributed by atoms with Crippen LogP contribution in [0.3, 0.4) is 0 Å². The lowest BCUT2D eigenvalue weighted by atomic mass is 10.3. The Balaban J connectivity index is 1.97. The smallest absolute Gasteiger partial charge is 0.164 e. The summed E-state index contributed by atoms with van der Waals surface area (Å²) in [6, 6.07) is 3.86. The summed E-state index contributed by atoms with van der Waals surface area (Å²) >= 11 is 4.20. The summed E-state index contributed by atoms with van der Waals surface area (Å²) in [5, 5.41) is 0.742. The molecule has 2 rings (SSSR count). The molecule has 4 heteroatoms. The fourth-order valence-electron chi connectivity index (χ4n) is 1.18. The Bertz CT molecular complexity index is 367. The van der Waals surface area contributed by atoms with Crippen molar-refractivity contribution < 1.29 is 4.42 Å². The van der Waals surface area contributed by atoms with Crippen LogP contribution in [0.5, 0.6) is 0 Å². The van der Waals surface area contributed by atoms with Crippen molar-refractivity contribution in [2.45, 2.75) is 18.1 Å². The molecule has 0 unspecified atom stereocenters. The lowest BCUT2D eigenvalue weighted by Gasteiger charge is -2.01. The molecule has 0 fully saturated rings. The van der Waals surface area contributed by atoms with Gasteiger partial charge < -0.3 is 8.98 Å². The molecule has 0 aliphatic rings. The van der Waals surface area contributed by atoms with Crippen LogP contribution in [-0.4, -0.2) is 9.55 Å². The molecule has 0 saturated carbocycles. The van der Waals surface area contributed by atoms with Gasteiger partial charge in [0.25, 0.3) is 0 Å². The van der Waals surface area contributed by atoms with E-state index in [1.54, 1.807) is 12.5 Å². The molecule has 13 heavy (non-hydrogen) atoms. The van der Waals surface area contributed by atoms with E-state index in [0.717, 1.165) is 23.9 Å². The van der Waals surface area contributed by atoms with Crippen molar-refractivity contribution >= 4 is 12.6 Å². The largest absolute Gasteiger partial charge is 0.469 e. The van der Waals surface area contributed by atoms with E-state index in [1.807, 2.05) is 22.9 Å². The maximum Gasteiger partial charge on any atom is 0.164 e. The molecule has 0 saturated heterocycles. The van der Waals surface area contributed by atoms with Gasteiger partial charge in [0, 0.05) is 25.4 Å². The second-order valence-corrected chi connectivity index (χ2v) is 3.15. The Kier molecular flexibility index (Phi) is 2.40. The Morgan fingerprint density at radius 3 is 3.08 bits per heavy atom. The molecule has 0 aromatic carbocycles. The fraction of sp³-hybridized carbons (Fsp3) is 0.222. The SMILES string of the molecule is Sc1nccn1CCc1ccco1. The predicted molar refractivity (Wildman–Crippen MR) is 51.9 cm³/mol. The lowest BCUT2D eigenvalue weighted by molar-refractivity contribution is 0.484. The molecular formula is C9H10N2OS. The maximum absolute atomic E-state index is 5.21. The summed E-state index contributed by atoms with van der Waals surface area (Å²) in [5.41, 5.74) is 0. The topological polar surface area (TPSA) is 31.0 Å². The second kappa shape index (κ2) is 3.70.